The zero-order valence-corrected chi connectivity index (χ0v) is 14.1. The van der Waals surface area contributed by atoms with E-state index in [4.69, 9.17) is 4.74 Å². The lowest BCUT2D eigenvalue weighted by Crippen LogP contribution is -2.24. The number of carbonyl (C=O) groups excluding carboxylic acids is 1. The van der Waals surface area contributed by atoms with Crippen LogP contribution < -0.4 is 10.1 Å². The molecular formula is C20H23NO3. The molecule has 24 heavy (non-hydrogen) atoms. The number of fused-ring (bicyclic) bond motifs is 1. The largest absolute Gasteiger partial charge is 0.491 e. The van der Waals surface area contributed by atoms with E-state index in [0.29, 0.717) is 30.9 Å². The number of rotatable bonds is 4. The summed E-state index contributed by atoms with van der Waals surface area (Å²) in [6.45, 7) is 5.02. The zero-order chi connectivity index (χ0) is 17.1. The van der Waals surface area contributed by atoms with Crippen molar-refractivity contribution in [3.63, 3.8) is 0 Å². The van der Waals surface area contributed by atoms with Crippen LogP contribution in [0.3, 0.4) is 0 Å². The molecule has 1 aliphatic heterocycles. The van der Waals surface area contributed by atoms with E-state index in [1.165, 1.54) is 0 Å². The van der Waals surface area contributed by atoms with Crippen LogP contribution in [-0.4, -0.2) is 30.3 Å². The number of ether oxygens (including phenoxy) is 1. The number of carbonyl (C=O) groups is 1. The molecule has 0 saturated carbocycles. The third-order valence-electron chi connectivity index (χ3n) is 4.40. The van der Waals surface area contributed by atoms with Gasteiger partial charge in [-0.1, -0.05) is 44.2 Å². The van der Waals surface area contributed by atoms with Crippen LogP contribution in [-0.2, 0) is 6.42 Å². The van der Waals surface area contributed by atoms with Gasteiger partial charge in [0.25, 0.3) is 5.91 Å². The van der Waals surface area contributed by atoms with Gasteiger partial charge in [-0.05, 0) is 41.2 Å². The number of nitrogens with one attached hydrogen (secondary N) is 1. The molecule has 0 saturated heterocycles. The smallest absolute Gasteiger partial charge is 0.255 e. The first kappa shape index (κ1) is 16.5. The highest BCUT2D eigenvalue weighted by Crippen LogP contribution is 2.30. The minimum absolute atomic E-state index is 0.107. The molecule has 1 amide bonds. The van der Waals surface area contributed by atoms with Crippen molar-refractivity contribution in [3.05, 3.63) is 53.6 Å². The molecule has 4 nitrogen and oxygen atoms in total. The molecular weight excluding hydrogens is 302 g/mol. The zero-order valence-electron chi connectivity index (χ0n) is 14.1. The van der Waals surface area contributed by atoms with Crippen molar-refractivity contribution in [2.45, 2.75) is 26.4 Å². The highest BCUT2D eigenvalue weighted by molar-refractivity contribution is 5.98. The summed E-state index contributed by atoms with van der Waals surface area (Å²) in [6, 6.07) is 13.7. The molecule has 1 aliphatic rings. The Bertz CT molecular complexity index is 739. The molecule has 0 aromatic heterocycles. The maximum atomic E-state index is 12.2. The molecule has 0 fully saturated rings. The molecule has 0 spiro atoms. The van der Waals surface area contributed by atoms with E-state index < -0.39 is 6.10 Å². The predicted molar refractivity (Wildman–Crippen MR) is 94.3 cm³/mol. The van der Waals surface area contributed by atoms with E-state index in [1.807, 2.05) is 56.3 Å². The monoisotopic (exact) mass is 325 g/mol. The van der Waals surface area contributed by atoms with Crippen molar-refractivity contribution >= 4 is 5.91 Å². The van der Waals surface area contributed by atoms with E-state index in [0.717, 1.165) is 16.7 Å². The van der Waals surface area contributed by atoms with Crippen LogP contribution in [0.2, 0.25) is 0 Å². The van der Waals surface area contributed by atoms with Gasteiger partial charge in [0.1, 0.15) is 12.4 Å². The molecule has 1 atom stereocenters. The van der Waals surface area contributed by atoms with E-state index in [1.54, 1.807) is 0 Å². The molecule has 2 aromatic rings. The third-order valence-corrected chi connectivity index (χ3v) is 4.40. The summed E-state index contributed by atoms with van der Waals surface area (Å²) in [5, 5.41) is 13.1. The fourth-order valence-electron chi connectivity index (χ4n) is 2.86. The van der Waals surface area contributed by atoms with Crippen LogP contribution in [0.4, 0.5) is 0 Å². The first-order valence-corrected chi connectivity index (χ1v) is 8.37. The summed E-state index contributed by atoms with van der Waals surface area (Å²) >= 11 is 0. The number of aliphatic hydroxyl groups is 1. The molecule has 1 heterocycles. The van der Waals surface area contributed by atoms with Gasteiger partial charge in [-0.25, -0.2) is 0 Å². The number of benzene rings is 2. The average molecular weight is 325 g/mol. The van der Waals surface area contributed by atoms with Gasteiger partial charge in [0.05, 0.1) is 18.2 Å². The van der Waals surface area contributed by atoms with Crippen molar-refractivity contribution < 1.29 is 14.6 Å². The van der Waals surface area contributed by atoms with Crippen LogP contribution in [0, 0.1) is 5.92 Å². The summed E-state index contributed by atoms with van der Waals surface area (Å²) in [7, 11) is 0. The highest BCUT2D eigenvalue weighted by Gasteiger charge is 2.19. The van der Waals surface area contributed by atoms with Crippen molar-refractivity contribution in [2.24, 2.45) is 5.92 Å². The summed E-state index contributed by atoms with van der Waals surface area (Å²) < 4.78 is 5.61. The normalized spacial score (nSPS) is 15.2. The molecule has 0 aliphatic carbocycles. The lowest BCUT2D eigenvalue weighted by atomic mass is 9.92. The summed E-state index contributed by atoms with van der Waals surface area (Å²) in [4.78, 5) is 12.2. The Morgan fingerprint density at radius 1 is 1.17 bits per heavy atom. The van der Waals surface area contributed by atoms with Gasteiger partial charge in [0.15, 0.2) is 0 Å². The lowest BCUT2D eigenvalue weighted by molar-refractivity contribution is 0.0957. The first-order valence-electron chi connectivity index (χ1n) is 8.37. The Hall–Kier alpha value is -2.33. The van der Waals surface area contributed by atoms with E-state index >= 15 is 0 Å². The summed E-state index contributed by atoms with van der Waals surface area (Å²) in [5.41, 5.74) is 3.64. The predicted octanol–water partition coefficient (Wildman–Crippen LogP) is 3.04. The fraction of sp³-hybridized carbons (Fsp3) is 0.350. The van der Waals surface area contributed by atoms with Gasteiger partial charge in [0, 0.05) is 0 Å². The third kappa shape index (κ3) is 3.44. The number of hydrogen-bond acceptors (Lipinski definition) is 3. The van der Waals surface area contributed by atoms with E-state index in [-0.39, 0.29) is 11.8 Å². The molecule has 3 rings (SSSR count). The summed E-state index contributed by atoms with van der Waals surface area (Å²) in [5.74, 6) is 0.710. The Labute approximate surface area is 142 Å². The van der Waals surface area contributed by atoms with E-state index in [2.05, 4.69) is 5.32 Å². The van der Waals surface area contributed by atoms with Crippen LogP contribution in [0.5, 0.6) is 5.75 Å². The number of amides is 1. The van der Waals surface area contributed by atoms with Crippen LogP contribution >= 0.6 is 0 Å². The van der Waals surface area contributed by atoms with Crippen LogP contribution in [0.25, 0.3) is 11.1 Å². The molecule has 2 N–H and O–H groups in total. The quantitative estimate of drug-likeness (QED) is 0.908. The first-order chi connectivity index (χ1) is 11.6. The second kappa shape index (κ2) is 7.05. The second-order valence-corrected chi connectivity index (χ2v) is 6.49. The van der Waals surface area contributed by atoms with Crippen molar-refractivity contribution in [1.29, 1.82) is 0 Å². The van der Waals surface area contributed by atoms with Gasteiger partial charge in [-0.2, -0.15) is 0 Å². The van der Waals surface area contributed by atoms with E-state index in [9.17, 15) is 9.90 Å². The maximum absolute atomic E-state index is 12.2. The average Bonchev–Trinajstić information content (AvgIpc) is 2.76. The minimum Gasteiger partial charge on any atom is -0.491 e. The second-order valence-electron chi connectivity index (χ2n) is 6.49. The molecule has 1 unspecified atom stereocenters. The standard InChI is InChI=1S/C20H23NO3/c1-13(2)18(22)12-14-5-3-4-6-16(14)15-7-8-19-17(11-15)20(23)21-9-10-24-19/h3-8,11,13,18,22H,9-10,12H2,1-2H3,(H,21,23). The van der Waals surface area contributed by atoms with Crippen molar-refractivity contribution in [3.8, 4) is 16.9 Å². The Morgan fingerprint density at radius 3 is 2.75 bits per heavy atom. The van der Waals surface area contributed by atoms with Crippen molar-refractivity contribution in [2.75, 3.05) is 13.2 Å². The van der Waals surface area contributed by atoms with Gasteiger partial charge in [0.2, 0.25) is 0 Å². The summed E-state index contributed by atoms with van der Waals surface area (Å²) in [6.07, 6.45) is 0.201. The van der Waals surface area contributed by atoms with Gasteiger partial charge in [-0.15, -0.1) is 0 Å². The number of hydrogen-bond donors (Lipinski definition) is 2. The molecule has 0 bridgehead atoms. The Kier molecular flexibility index (Phi) is 4.86. The van der Waals surface area contributed by atoms with Gasteiger partial charge < -0.3 is 15.2 Å². The van der Waals surface area contributed by atoms with Crippen molar-refractivity contribution in [1.82, 2.24) is 5.32 Å². The molecule has 2 aromatic carbocycles. The van der Waals surface area contributed by atoms with Crippen LogP contribution in [0.15, 0.2) is 42.5 Å². The lowest BCUT2D eigenvalue weighted by Gasteiger charge is -2.17. The minimum atomic E-state index is -0.390. The number of aliphatic hydroxyl groups excluding tert-OH is 1. The Balaban J connectivity index is 1.99. The van der Waals surface area contributed by atoms with Crippen LogP contribution in [0.1, 0.15) is 29.8 Å². The maximum Gasteiger partial charge on any atom is 0.255 e. The highest BCUT2D eigenvalue weighted by atomic mass is 16.5. The van der Waals surface area contributed by atoms with Gasteiger partial charge in [-0.3, -0.25) is 4.79 Å². The SMILES string of the molecule is CC(C)C(O)Cc1ccccc1-c1ccc2c(c1)C(=O)NCCO2. The molecule has 4 heteroatoms. The Morgan fingerprint density at radius 2 is 1.96 bits per heavy atom. The fourth-order valence-corrected chi connectivity index (χ4v) is 2.86. The topological polar surface area (TPSA) is 58.6 Å². The molecule has 126 valence electrons. The van der Waals surface area contributed by atoms with Gasteiger partial charge >= 0.3 is 0 Å². The molecule has 0 radical (unpaired) electrons.